The monoisotopic (exact) mass is 286 g/mol. The molecule has 1 aliphatic heterocycles. The van der Waals surface area contributed by atoms with Crippen molar-refractivity contribution in [3.63, 3.8) is 0 Å². The molecule has 0 atom stereocenters. The molecule has 1 N–H and O–H groups in total. The van der Waals surface area contributed by atoms with E-state index in [1.54, 1.807) is 0 Å². The Morgan fingerprint density at radius 1 is 1.61 bits per heavy atom. The van der Waals surface area contributed by atoms with Gasteiger partial charge in [0.2, 0.25) is 0 Å². The van der Waals surface area contributed by atoms with Crippen LogP contribution in [-0.4, -0.2) is 39.6 Å². The van der Waals surface area contributed by atoms with Gasteiger partial charge in [0.25, 0.3) is 0 Å². The zero-order valence-corrected chi connectivity index (χ0v) is 11.9. The summed E-state index contributed by atoms with van der Waals surface area (Å²) >= 11 is 8.05. The predicted octanol–water partition coefficient (Wildman–Crippen LogP) is 2.77. The molecule has 0 aliphatic carbocycles. The number of aromatic carboxylic acids is 1. The summed E-state index contributed by atoms with van der Waals surface area (Å²) in [6.07, 6.45) is 1.36. The number of carboxylic acids is 1. The van der Waals surface area contributed by atoms with E-state index in [0.29, 0.717) is 10.8 Å². The van der Waals surface area contributed by atoms with Gasteiger partial charge in [-0.15, -0.1) is 0 Å². The second-order valence-electron chi connectivity index (χ2n) is 4.86. The van der Waals surface area contributed by atoms with Gasteiger partial charge in [0.05, 0.1) is 10.6 Å². The lowest BCUT2D eigenvalue weighted by molar-refractivity contribution is 0.0696. The van der Waals surface area contributed by atoms with Gasteiger partial charge in [0, 0.05) is 29.8 Å². The molecule has 0 bridgehead atoms. The molecule has 1 aliphatic rings. The average molecular weight is 287 g/mol. The third-order valence-corrected chi connectivity index (χ3v) is 4.37. The molecular weight excluding hydrogens is 272 g/mol. The minimum absolute atomic E-state index is 0.120. The molecule has 0 radical (unpaired) electrons. The van der Waals surface area contributed by atoms with Crippen LogP contribution in [0.5, 0.6) is 0 Å². The highest BCUT2D eigenvalue weighted by Gasteiger charge is 2.28. The lowest BCUT2D eigenvalue weighted by atomic mass is 10.2. The standard InChI is InChI=1S/C12H15ClN2O2S/c1-12(2)7-15(3-4-18-12)10-9(13)5-8(6-14-10)11(16)17/h5-6H,3-4,7H2,1-2H3,(H,16,17). The summed E-state index contributed by atoms with van der Waals surface area (Å²) < 4.78 is 0.161. The molecule has 0 unspecified atom stereocenters. The first-order valence-corrected chi connectivity index (χ1v) is 7.03. The maximum absolute atomic E-state index is 10.8. The molecule has 4 nitrogen and oxygen atoms in total. The number of hydrogen-bond acceptors (Lipinski definition) is 4. The fraction of sp³-hybridized carbons (Fsp3) is 0.500. The number of halogens is 1. The number of hydrogen-bond donors (Lipinski definition) is 1. The number of anilines is 1. The minimum atomic E-state index is -1.01. The first kappa shape index (κ1) is 13.5. The second-order valence-corrected chi connectivity index (χ2v) is 7.07. The molecule has 2 rings (SSSR count). The second kappa shape index (κ2) is 4.97. The molecule has 98 valence electrons. The van der Waals surface area contributed by atoms with Gasteiger partial charge in [0.1, 0.15) is 5.82 Å². The first-order valence-electron chi connectivity index (χ1n) is 5.67. The van der Waals surface area contributed by atoms with Gasteiger partial charge in [-0.05, 0) is 19.9 Å². The normalized spacial score (nSPS) is 18.7. The van der Waals surface area contributed by atoms with Crippen LogP contribution in [0.3, 0.4) is 0 Å². The Bertz CT molecular complexity index is 479. The average Bonchev–Trinajstić information content (AvgIpc) is 2.27. The van der Waals surface area contributed by atoms with Crippen LogP contribution in [-0.2, 0) is 0 Å². The van der Waals surface area contributed by atoms with E-state index in [0.717, 1.165) is 18.8 Å². The van der Waals surface area contributed by atoms with Crippen molar-refractivity contribution in [2.24, 2.45) is 0 Å². The minimum Gasteiger partial charge on any atom is -0.478 e. The number of aromatic nitrogens is 1. The topological polar surface area (TPSA) is 53.4 Å². The molecule has 0 saturated carbocycles. The number of rotatable bonds is 2. The lowest BCUT2D eigenvalue weighted by Gasteiger charge is -2.38. The van der Waals surface area contributed by atoms with Crippen molar-refractivity contribution in [1.29, 1.82) is 0 Å². The molecular formula is C12H15ClN2O2S. The summed E-state index contributed by atoms with van der Waals surface area (Å²) in [6.45, 7) is 6.11. The predicted molar refractivity (Wildman–Crippen MR) is 75.0 cm³/mol. The van der Waals surface area contributed by atoms with Crippen LogP contribution in [0.25, 0.3) is 0 Å². The largest absolute Gasteiger partial charge is 0.478 e. The third-order valence-electron chi connectivity index (χ3n) is 2.79. The highest BCUT2D eigenvalue weighted by Crippen LogP contribution is 2.34. The Morgan fingerprint density at radius 2 is 2.33 bits per heavy atom. The number of thioether (sulfide) groups is 1. The summed E-state index contributed by atoms with van der Waals surface area (Å²) in [5.74, 6) is 0.687. The van der Waals surface area contributed by atoms with Crippen molar-refractivity contribution in [2.45, 2.75) is 18.6 Å². The van der Waals surface area contributed by atoms with Crippen LogP contribution < -0.4 is 4.90 Å². The SMILES string of the molecule is CC1(C)CN(c2ncc(C(=O)O)cc2Cl)CCS1. The van der Waals surface area contributed by atoms with E-state index in [2.05, 4.69) is 23.7 Å². The van der Waals surface area contributed by atoms with E-state index >= 15 is 0 Å². The molecule has 1 aromatic rings. The van der Waals surface area contributed by atoms with Crippen LogP contribution in [0.1, 0.15) is 24.2 Å². The summed E-state index contributed by atoms with van der Waals surface area (Å²) in [6, 6.07) is 1.46. The van der Waals surface area contributed by atoms with Gasteiger partial charge in [-0.25, -0.2) is 9.78 Å². The van der Waals surface area contributed by atoms with E-state index in [-0.39, 0.29) is 10.3 Å². The van der Waals surface area contributed by atoms with E-state index in [1.165, 1.54) is 12.3 Å². The molecule has 18 heavy (non-hydrogen) atoms. The van der Waals surface area contributed by atoms with Crippen LogP contribution >= 0.6 is 23.4 Å². The van der Waals surface area contributed by atoms with Crippen molar-refractivity contribution in [3.8, 4) is 0 Å². The number of carboxylic acid groups (broad SMARTS) is 1. The fourth-order valence-corrected chi connectivity index (χ4v) is 3.37. The molecule has 0 aromatic carbocycles. The van der Waals surface area contributed by atoms with E-state index in [9.17, 15) is 4.79 Å². The van der Waals surface area contributed by atoms with Crippen molar-refractivity contribution in [3.05, 3.63) is 22.8 Å². The first-order chi connectivity index (χ1) is 8.39. The quantitative estimate of drug-likeness (QED) is 0.906. The van der Waals surface area contributed by atoms with Crippen molar-refractivity contribution < 1.29 is 9.90 Å². The number of pyridine rings is 1. The van der Waals surface area contributed by atoms with E-state index < -0.39 is 5.97 Å². The van der Waals surface area contributed by atoms with Gasteiger partial charge >= 0.3 is 5.97 Å². The summed E-state index contributed by atoms with van der Waals surface area (Å²) in [7, 11) is 0. The Hall–Kier alpha value is -0.940. The maximum Gasteiger partial charge on any atom is 0.337 e. The van der Waals surface area contributed by atoms with E-state index in [4.69, 9.17) is 16.7 Å². The van der Waals surface area contributed by atoms with Crippen LogP contribution in [0.15, 0.2) is 12.3 Å². The molecule has 0 spiro atoms. The van der Waals surface area contributed by atoms with Gasteiger partial charge in [-0.1, -0.05) is 11.6 Å². The Morgan fingerprint density at radius 3 is 2.89 bits per heavy atom. The smallest absolute Gasteiger partial charge is 0.337 e. The highest BCUT2D eigenvalue weighted by atomic mass is 35.5. The zero-order chi connectivity index (χ0) is 13.3. The summed E-state index contributed by atoms with van der Waals surface area (Å²) in [4.78, 5) is 17.1. The molecule has 0 amide bonds. The molecule has 1 fully saturated rings. The highest BCUT2D eigenvalue weighted by molar-refractivity contribution is 8.00. The van der Waals surface area contributed by atoms with Crippen LogP contribution in [0, 0.1) is 0 Å². The Kier molecular flexibility index (Phi) is 3.73. The number of nitrogens with zero attached hydrogens (tertiary/aromatic N) is 2. The van der Waals surface area contributed by atoms with Crippen molar-refractivity contribution in [1.82, 2.24) is 4.98 Å². The molecule has 1 aromatic heterocycles. The van der Waals surface area contributed by atoms with E-state index in [1.807, 2.05) is 11.8 Å². The molecule has 6 heteroatoms. The van der Waals surface area contributed by atoms with Gasteiger partial charge < -0.3 is 10.0 Å². The van der Waals surface area contributed by atoms with Crippen molar-refractivity contribution in [2.75, 3.05) is 23.7 Å². The maximum atomic E-state index is 10.8. The zero-order valence-electron chi connectivity index (χ0n) is 10.3. The lowest BCUT2D eigenvalue weighted by Crippen LogP contribution is -2.43. The van der Waals surface area contributed by atoms with Crippen LogP contribution in [0.2, 0.25) is 5.02 Å². The molecule has 1 saturated heterocycles. The summed E-state index contributed by atoms with van der Waals surface area (Å²) in [5, 5.41) is 9.28. The fourth-order valence-electron chi connectivity index (χ4n) is 1.98. The Labute approximate surface area is 115 Å². The van der Waals surface area contributed by atoms with Gasteiger partial charge in [0.15, 0.2) is 0 Å². The number of carbonyl (C=O) groups is 1. The van der Waals surface area contributed by atoms with Crippen LogP contribution in [0.4, 0.5) is 5.82 Å². The third kappa shape index (κ3) is 2.90. The molecule has 2 heterocycles. The van der Waals surface area contributed by atoms with Gasteiger partial charge in [-0.2, -0.15) is 11.8 Å². The summed E-state index contributed by atoms with van der Waals surface area (Å²) in [5.41, 5.74) is 0.120. The van der Waals surface area contributed by atoms with Gasteiger partial charge in [-0.3, -0.25) is 0 Å². The Balaban J connectivity index is 2.26. The van der Waals surface area contributed by atoms with Crippen molar-refractivity contribution >= 4 is 35.1 Å².